The molecule has 0 radical (unpaired) electrons. The van der Waals surface area contributed by atoms with Crippen LogP contribution in [0.4, 0.5) is 5.69 Å². The molecule has 0 spiro atoms. The molecule has 1 aliphatic heterocycles. The van der Waals surface area contributed by atoms with Crippen LogP contribution in [0.3, 0.4) is 0 Å². The summed E-state index contributed by atoms with van der Waals surface area (Å²) >= 11 is 0. The predicted molar refractivity (Wildman–Crippen MR) is 113 cm³/mol. The summed E-state index contributed by atoms with van der Waals surface area (Å²) in [6.07, 6.45) is 3.00. The lowest BCUT2D eigenvalue weighted by molar-refractivity contribution is 0.0377. The Kier molecular flexibility index (Phi) is 10.3. The van der Waals surface area contributed by atoms with E-state index in [9.17, 15) is 0 Å². The van der Waals surface area contributed by atoms with Gasteiger partial charge in [0.15, 0.2) is 5.96 Å². The monoisotopic (exact) mass is 446 g/mol. The first-order valence-corrected chi connectivity index (χ1v) is 8.72. The molecule has 2 rings (SSSR count). The van der Waals surface area contributed by atoms with Crippen molar-refractivity contribution >= 4 is 35.6 Å². The van der Waals surface area contributed by atoms with Crippen LogP contribution in [0.2, 0.25) is 0 Å². The number of hydrogen-bond acceptors (Lipinski definition) is 3. The number of halogens is 1. The molecule has 3 N–H and O–H groups in total. The number of rotatable bonds is 7. The molecule has 1 aliphatic rings. The van der Waals surface area contributed by atoms with E-state index in [2.05, 4.69) is 47.3 Å². The largest absolute Gasteiger partial charge is 0.379 e. The second-order valence-electron chi connectivity index (χ2n) is 5.86. The standard InChI is InChI=1S/C18H30N4O.HI/c1-3-15-7-5-8-16(4-2)17(15)21-18(19)20-9-6-10-22-11-13-23-14-12-22;/h5,7-8H,3-4,6,9-14H2,1-2H3,(H3,19,20,21);1H. The van der Waals surface area contributed by atoms with Crippen molar-refractivity contribution in [3.63, 3.8) is 0 Å². The Morgan fingerprint density at radius 2 is 1.83 bits per heavy atom. The Bertz CT molecular complexity index is 493. The van der Waals surface area contributed by atoms with Crippen molar-refractivity contribution in [1.29, 1.82) is 0 Å². The first kappa shape index (κ1) is 21.2. The zero-order chi connectivity index (χ0) is 16.5. The zero-order valence-electron chi connectivity index (χ0n) is 14.9. The minimum absolute atomic E-state index is 0. The maximum Gasteiger partial charge on any atom is 0.193 e. The van der Waals surface area contributed by atoms with Crippen LogP contribution in [0.25, 0.3) is 0 Å². The van der Waals surface area contributed by atoms with Crippen molar-refractivity contribution in [3.05, 3.63) is 29.3 Å². The SMILES string of the molecule is CCc1cccc(CC)c1NC(N)=NCCCN1CCOCC1.I. The Balaban J connectivity index is 0.00000288. The number of anilines is 1. The van der Waals surface area contributed by atoms with Gasteiger partial charge in [-0.25, -0.2) is 0 Å². The molecule has 6 heteroatoms. The highest BCUT2D eigenvalue weighted by Crippen LogP contribution is 2.22. The number of guanidine groups is 1. The zero-order valence-corrected chi connectivity index (χ0v) is 17.2. The number of nitrogens with zero attached hydrogens (tertiary/aromatic N) is 2. The fraction of sp³-hybridized carbons (Fsp3) is 0.611. The highest BCUT2D eigenvalue weighted by atomic mass is 127. The van der Waals surface area contributed by atoms with Gasteiger partial charge < -0.3 is 15.8 Å². The minimum Gasteiger partial charge on any atom is -0.379 e. The first-order valence-electron chi connectivity index (χ1n) is 8.72. The number of ether oxygens (including phenoxy) is 1. The second kappa shape index (κ2) is 11.7. The molecule has 24 heavy (non-hydrogen) atoms. The first-order chi connectivity index (χ1) is 11.2. The van der Waals surface area contributed by atoms with Crippen LogP contribution in [-0.2, 0) is 17.6 Å². The topological polar surface area (TPSA) is 62.9 Å². The Labute approximate surface area is 163 Å². The highest BCUT2D eigenvalue weighted by Gasteiger charge is 2.09. The Morgan fingerprint density at radius 3 is 2.42 bits per heavy atom. The van der Waals surface area contributed by atoms with E-state index in [4.69, 9.17) is 10.5 Å². The van der Waals surface area contributed by atoms with E-state index in [1.807, 2.05) is 0 Å². The lowest BCUT2D eigenvalue weighted by atomic mass is 10.0. The molecular weight excluding hydrogens is 415 g/mol. The van der Waals surface area contributed by atoms with Crippen molar-refractivity contribution in [2.24, 2.45) is 10.7 Å². The second-order valence-corrected chi connectivity index (χ2v) is 5.86. The fourth-order valence-electron chi connectivity index (χ4n) is 2.89. The van der Waals surface area contributed by atoms with Gasteiger partial charge in [0.2, 0.25) is 0 Å². The molecule has 0 atom stereocenters. The molecule has 1 aromatic rings. The molecule has 5 nitrogen and oxygen atoms in total. The van der Waals surface area contributed by atoms with Gasteiger partial charge in [0.05, 0.1) is 13.2 Å². The number of nitrogens with two attached hydrogens (primary N) is 1. The lowest BCUT2D eigenvalue weighted by Crippen LogP contribution is -2.37. The van der Waals surface area contributed by atoms with E-state index in [1.165, 1.54) is 11.1 Å². The van der Waals surface area contributed by atoms with E-state index in [1.54, 1.807) is 0 Å². The summed E-state index contributed by atoms with van der Waals surface area (Å²) in [6, 6.07) is 6.40. The quantitative estimate of drug-likeness (QED) is 0.293. The third-order valence-corrected chi connectivity index (χ3v) is 4.27. The van der Waals surface area contributed by atoms with E-state index >= 15 is 0 Å². The van der Waals surface area contributed by atoms with E-state index in [0.717, 1.165) is 64.3 Å². The summed E-state index contributed by atoms with van der Waals surface area (Å²) in [4.78, 5) is 6.90. The van der Waals surface area contributed by atoms with Gasteiger partial charge in [-0.1, -0.05) is 32.0 Å². The van der Waals surface area contributed by atoms with Crippen LogP contribution in [0.15, 0.2) is 23.2 Å². The Hall–Kier alpha value is -0.860. The van der Waals surface area contributed by atoms with Gasteiger partial charge >= 0.3 is 0 Å². The van der Waals surface area contributed by atoms with E-state index < -0.39 is 0 Å². The molecule has 0 amide bonds. The van der Waals surface area contributed by atoms with Gasteiger partial charge in [-0.2, -0.15) is 0 Å². The minimum atomic E-state index is 0. The maximum atomic E-state index is 6.08. The molecule has 0 aliphatic carbocycles. The maximum absolute atomic E-state index is 6.08. The summed E-state index contributed by atoms with van der Waals surface area (Å²) in [5, 5.41) is 3.31. The molecule has 1 saturated heterocycles. The summed E-state index contributed by atoms with van der Waals surface area (Å²) in [5.74, 6) is 0.516. The molecule has 0 unspecified atom stereocenters. The smallest absolute Gasteiger partial charge is 0.193 e. The predicted octanol–water partition coefficient (Wildman–Crippen LogP) is 2.88. The lowest BCUT2D eigenvalue weighted by Gasteiger charge is -2.26. The van der Waals surface area contributed by atoms with Gasteiger partial charge in [0.1, 0.15) is 0 Å². The van der Waals surface area contributed by atoms with E-state index in [0.29, 0.717) is 5.96 Å². The van der Waals surface area contributed by atoms with Crippen LogP contribution < -0.4 is 11.1 Å². The van der Waals surface area contributed by atoms with Gasteiger partial charge in [-0.3, -0.25) is 9.89 Å². The average molecular weight is 446 g/mol. The van der Waals surface area contributed by atoms with E-state index in [-0.39, 0.29) is 24.0 Å². The number of hydrogen-bond donors (Lipinski definition) is 2. The van der Waals surface area contributed by atoms with Crippen LogP contribution in [-0.4, -0.2) is 50.3 Å². The van der Waals surface area contributed by atoms with Crippen molar-refractivity contribution in [1.82, 2.24) is 4.90 Å². The number of nitrogens with one attached hydrogen (secondary N) is 1. The van der Waals surface area contributed by atoms with Gasteiger partial charge in [-0.15, -0.1) is 24.0 Å². The van der Waals surface area contributed by atoms with Gasteiger partial charge in [-0.05, 0) is 30.4 Å². The Morgan fingerprint density at radius 1 is 1.21 bits per heavy atom. The average Bonchev–Trinajstić information content (AvgIpc) is 2.60. The number of morpholine rings is 1. The summed E-state index contributed by atoms with van der Waals surface area (Å²) in [6.45, 7) is 9.90. The fourth-order valence-corrected chi connectivity index (χ4v) is 2.89. The number of para-hydroxylation sites is 1. The number of aryl methyl sites for hydroxylation is 2. The summed E-state index contributed by atoms with van der Waals surface area (Å²) < 4.78 is 5.36. The molecule has 1 heterocycles. The molecule has 1 fully saturated rings. The van der Waals surface area contributed by atoms with Crippen molar-refractivity contribution in [3.8, 4) is 0 Å². The van der Waals surface area contributed by atoms with Crippen molar-refractivity contribution < 1.29 is 4.74 Å². The molecule has 0 bridgehead atoms. The summed E-state index contributed by atoms with van der Waals surface area (Å²) in [7, 11) is 0. The highest BCUT2D eigenvalue weighted by molar-refractivity contribution is 14.0. The van der Waals surface area contributed by atoms with Gasteiger partial charge in [0, 0.05) is 31.9 Å². The molecule has 136 valence electrons. The third kappa shape index (κ3) is 6.57. The van der Waals surface area contributed by atoms with Gasteiger partial charge in [0.25, 0.3) is 0 Å². The number of benzene rings is 1. The molecular formula is C18H31IN4O. The van der Waals surface area contributed by atoms with Crippen LogP contribution in [0.1, 0.15) is 31.4 Å². The van der Waals surface area contributed by atoms with Crippen LogP contribution in [0.5, 0.6) is 0 Å². The molecule has 0 aromatic heterocycles. The third-order valence-electron chi connectivity index (χ3n) is 4.27. The molecule has 1 aromatic carbocycles. The number of aliphatic imine (C=N–C) groups is 1. The van der Waals surface area contributed by atoms with Crippen LogP contribution >= 0.6 is 24.0 Å². The van der Waals surface area contributed by atoms with Crippen molar-refractivity contribution in [2.45, 2.75) is 33.1 Å². The molecule has 0 saturated carbocycles. The summed E-state index contributed by atoms with van der Waals surface area (Å²) in [5.41, 5.74) is 9.78. The van der Waals surface area contributed by atoms with Crippen molar-refractivity contribution in [2.75, 3.05) is 44.7 Å². The normalized spacial score (nSPS) is 15.8. The van der Waals surface area contributed by atoms with Crippen LogP contribution in [0, 0.1) is 0 Å².